The van der Waals surface area contributed by atoms with Crippen LogP contribution in [0.3, 0.4) is 0 Å². The van der Waals surface area contributed by atoms with Gasteiger partial charge in [-0.1, -0.05) is 13.3 Å². The zero-order chi connectivity index (χ0) is 7.28. The summed E-state index contributed by atoms with van der Waals surface area (Å²) in [5, 5.41) is 0. The number of hydrogen-bond donors (Lipinski definition) is 0. The van der Waals surface area contributed by atoms with Crippen LogP contribution in [0.25, 0.3) is 0 Å². The minimum atomic E-state index is 0.594. The van der Waals surface area contributed by atoms with E-state index in [4.69, 9.17) is 0 Å². The molecule has 0 bridgehead atoms. The van der Waals surface area contributed by atoms with Gasteiger partial charge in [-0.3, -0.25) is 0 Å². The predicted octanol–water partition coefficient (Wildman–Crippen LogP) is 1.91. The summed E-state index contributed by atoms with van der Waals surface area (Å²) >= 11 is 0. The summed E-state index contributed by atoms with van der Waals surface area (Å²) in [5.41, 5.74) is 0. The quantitative estimate of drug-likeness (QED) is 0.402. The lowest BCUT2D eigenvalue weighted by Gasteiger charge is -2.02. The molecule has 0 aliphatic rings. The highest BCUT2D eigenvalue weighted by atomic mass is 15.0. The van der Waals surface area contributed by atoms with Gasteiger partial charge in [0.2, 0.25) is 0 Å². The van der Waals surface area contributed by atoms with Crippen molar-refractivity contribution in [3.05, 3.63) is 0 Å². The summed E-state index contributed by atoms with van der Waals surface area (Å²) in [6.45, 7) is 11.6. The Morgan fingerprint density at radius 2 is 2.00 bits per heavy atom. The van der Waals surface area contributed by atoms with Gasteiger partial charge in [-0.15, -0.1) is 0 Å². The van der Waals surface area contributed by atoms with Crippen molar-refractivity contribution in [2.45, 2.75) is 39.7 Å². The topological polar surface area (TPSA) is 3.01 Å². The lowest BCUT2D eigenvalue weighted by Crippen LogP contribution is -2.19. The molecule has 0 spiro atoms. The van der Waals surface area contributed by atoms with E-state index < -0.39 is 0 Å². The van der Waals surface area contributed by atoms with Crippen LogP contribution in [0.1, 0.15) is 33.6 Å². The second-order valence-corrected chi connectivity index (χ2v) is 2.76. The van der Waals surface area contributed by atoms with E-state index in [9.17, 15) is 0 Å². The molecule has 0 aliphatic carbocycles. The molecular weight excluding hydrogens is 110 g/mol. The summed E-state index contributed by atoms with van der Waals surface area (Å²) in [5.74, 6) is 0. The normalized spacial score (nSPS) is 10.2. The first-order valence-electron chi connectivity index (χ1n) is 3.75. The van der Waals surface area contributed by atoms with E-state index in [-0.39, 0.29) is 0 Å². The van der Waals surface area contributed by atoms with Crippen molar-refractivity contribution in [3.8, 4) is 0 Å². The highest BCUT2D eigenvalue weighted by molar-refractivity contribution is 5.14. The second-order valence-electron chi connectivity index (χ2n) is 2.76. The molecule has 0 heterocycles. The van der Waals surface area contributed by atoms with Gasteiger partial charge in [-0.2, -0.15) is 0 Å². The van der Waals surface area contributed by atoms with Crippen LogP contribution >= 0.6 is 0 Å². The second kappa shape index (κ2) is 4.54. The lowest BCUT2D eigenvalue weighted by molar-refractivity contribution is -0.551. The van der Waals surface area contributed by atoms with Crippen molar-refractivity contribution in [3.63, 3.8) is 0 Å². The Bertz CT molecular complexity index is 84.6. The molecule has 0 aromatic heterocycles. The van der Waals surface area contributed by atoms with Crippen LogP contribution in [-0.4, -0.2) is 23.9 Å². The molecule has 54 valence electrons. The zero-order valence-corrected chi connectivity index (χ0v) is 6.85. The Kier molecular flexibility index (Phi) is 4.37. The molecule has 1 heteroatoms. The lowest BCUT2D eigenvalue weighted by atomic mass is 10.3. The van der Waals surface area contributed by atoms with Crippen LogP contribution in [0.4, 0.5) is 0 Å². The Morgan fingerprint density at radius 1 is 1.44 bits per heavy atom. The van der Waals surface area contributed by atoms with E-state index >= 15 is 0 Å². The average Bonchev–Trinajstić information content (AvgIpc) is 1.82. The van der Waals surface area contributed by atoms with Crippen molar-refractivity contribution in [1.82, 2.24) is 0 Å². The third-order valence-electron chi connectivity index (χ3n) is 1.53. The maximum absolute atomic E-state index is 3.91. The molecule has 0 aliphatic heterocycles. The molecule has 0 saturated heterocycles. The molecule has 0 amide bonds. The Balaban J connectivity index is 3.28. The number of nitrogens with zero attached hydrogens (tertiary/aromatic N) is 1. The third kappa shape index (κ3) is 4.19. The van der Waals surface area contributed by atoms with Crippen molar-refractivity contribution in [2.75, 3.05) is 6.54 Å². The standard InChI is InChI=1S/C8H18N/c1-5-6-7-9(4)8(2)3/h8H,4-7H2,1-3H3/q+1. The average molecular weight is 128 g/mol. The molecule has 9 heavy (non-hydrogen) atoms. The van der Waals surface area contributed by atoms with Crippen LogP contribution in [0.5, 0.6) is 0 Å². The van der Waals surface area contributed by atoms with Crippen molar-refractivity contribution in [1.29, 1.82) is 0 Å². The number of hydrogen-bond acceptors (Lipinski definition) is 0. The fourth-order valence-electron chi connectivity index (χ4n) is 0.619. The predicted molar refractivity (Wildman–Crippen MR) is 42.3 cm³/mol. The van der Waals surface area contributed by atoms with E-state index in [1.165, 1.54) is 12.8 Å². The van der Waals surface area contributed by atoms with Gasteiger partial charge in [-0.25, -0.2) is 4.58 Å². The molecule has 1 nitrogen and oxygen atoms in total. The first-order valence-corrected chi connectivity index (χ1v) is 3.75. The van der Waals surface area contributed by atoms with Gasteiger partial charge < -0.3 is 0 Å². The Hall–Kier alpha value is -0.330. The third-order valence-corrected chi connectivity index (χ3v) is 1.53. The molecule has 0 atom stereocenters. The van der Waals surface area contributed by atoms with Gasteiger partial charge in [0, 0.05) is 6.42 Å². The van der Waals surface area contributed by atoms with E-state index in [2.05, 4.69) is 32.1 Å². The monoisotopic (exact) mass is 128 g/mol. The molecule has 0 aromatic carbocycles. The Labute approximate surface area is 58.4 Å². The molecule has 0 fully saturated rings. The minimum absolute atomic E-state index is 0.594. The van der Waals surface area contributed by atoms with Crippen LogP contribution in [0, 0.1) is 0 Å². The highest BCUT2D eigenvalue weighted by Crippen LogP contribution is 1.91. The highest BCUT2D eigenvalue weighted by Gasteiger charge is 2.02. The molecule has 0 aromatic rings. The molecule has 0 radical (unpaired) electrons. The summed E-state index contributed by atoms with van der Waals surface area (Å²) in [6.07, 6.45) is 2.53. The SMILES string of the molecule is C=[N+](CCCC)C(C)C. The van der Waals surface area contributed by atoms with Crippen molar-refractivity contribution < 1.29 is 4.58 Å². The summed E-state index contributed by atoms with van der Waals surface area (Å²) < 4.78 is 2.13. The van der Waals surface area contributed by atoms with E-state index in [1.807, 2.05) is 0 Å². The van der Waals surface area contributed by atoms with E-state index in [1.54, 1.807) is 0 Å². The molecule has 0 N–H and O–H groups in total. The van der Waals surface area contributed by atoms with Gasteiger partial charge in [0.15, 0.2) is 0 Å². The van der Waals surface area contributed by atoms with Gasteiger partial charge >= 0.3 is 0 Å². The van der Waals surface area contributed by atoms with Crippen molar-refractivity contribution >= 4 is 6.72 Å². The molecule has 0 unspecified atom stereocenters. The first kappa shape index (κ1) is 8.67. The van der Waals surface area contributed by atoms with Crippen LogP contribution in [0.15, 0.2) is 0 Å². The maximum atomic E-state index is 3.91. The fraction of sp³-hybridized carbons (Fsp3) is 0.875. The van der Waals surface area contributed by atoms with Crippen molar-refractivity contribution in [2.24, 2.45) is 0 Å². The zero-order valence-electron chi connectivity index (χ0n) is 6.85. The number of rotatable bonds is 4. The molecule has 0 rings (SSSR count). The fourth-order valence-corrected chi connectivity index (χ4v) is 0.619. The van der Waals surface area contributed by atoms with Crippen LogP contribution < -0.4 is 0 Å². The molecule has 0 saturated carbocycles. The number of unbranched alkanes of at least 4 members (excludes halogenated alkanes) is 1. The van der Waals surface area contributed by atoms with Gasteiger partial charge in [0.1, 0.15) is 19.3 Å². The molecular formula is C8H18N+. The van der Waals surface area contributed by atoms with Crippen LogP contribution in [0.2, 0.25) is 0 Å². The van der Waals surface area contributed by atoms with E-state index in [0.29, 0.717) is 6.04 Å². The first-order chi connectivity index (χ1) is 4.18. The summed E-state index contributed by atoms with van der Waals surface area (Å²) in [4.78, 5) is 0. The maximum Gasteiger partial charge on any atom is 0.146 e. The van der Waals surface area contributed by atoms with Gasteiger partial charge in [0.25, 0.3) is 0 Å². The summed E-state index contributed by atoms with van der Waals surface area (Å²) in [7, 11) is 0. The Morgan fingerprint density at radius 3 is 2.33 bits per heavy atom. The van der Waals surface area contributed by atoms with E-state index in [0.717, 1.165) is 6.54 Å². The smallest absolute Gasteiger partial charge is 0.146 e. The van der Waals surface area contributed by atoms with Gasteiger partial charge in [-0.05, 0) is 13.8 Å². The van der Waals surface area contributed by atoms with Gasteiger partial charge in [0.05, 0.1) is 0 Å². The minimum Gasteiger partial charge on any atom is -0.240 e. The summed E-state index contributed by atoms with van der Waals surface area (Å²) in [6, 6.07) is 0.594. The largest absolute Gasteiger partial charge is 0.240 e. The van der Waals surface area contributed by atoms with Crippen LogP contribution in [-0.2, 0) is 0 Å².